The monoisotopic (exact) mass is 322 g/mol. The Hall–Kier alpha value is -1.78. The van der Waals surface area contributed by atoms with Crippen molar-refractivity contribution in [1.82, 2.24) is 4.90 Å². The number of thioether (sulfide) groups is 2. The van der Waals surface area contributed by atoms with Crippen LogP contribution in [0.25, 0.3) is 0 Å². The summed E-state index contributed by atoms with van der Waals surface area (Å²) in [5.74, 6) is -0.268. The Morgan fingerprint density at radius 3 is 2.05 bits per heavy atom. The Bertz CT molecular complexity index is 628. The van der Waals surface area contributed by atoms with Gasteiger partial charge in [-0.15, -0.1) is 0 Å². The van der Waals surface area contributed by atoms with Crippen molar-refractivity contribution in [2.24, 2.45) is 0 Å². The predicted molar refractivity (Wildman–Crippen MR) is 82.1 cm³/mol. The number of nitriles is 1. The second kappa shape index (κ2) is 6.33. The largest absolute Gasteiger partial charge is 0.507 e. The third kappa shape index (κ3) is 2.82. The number of likely N-dealkylation sites (N-methyl/N-ethyl adjacent to an activating group) is 1. The lowest BCUT2D eigenvalue weighted by molar-refractivity contribution is -0.126. The Morgan fingerprint density at radius 1 is 1.19 bits per heavy atom. The third-order valence-electron chi connectivity index (χ3n) is 3.04. The van der Waals surface area contributed by atoms with Gasteiger partial charge in [0.1, 0.15) is 23.1 Å². The van der Waals surface area contributed by atoms with E-state index in [0.717, 1.165) is 23.5 Å². The van der Waals surface area contributed by atoms with Crippen molar-refractivity contribution < 1.29 is 15.0 Å². The van der Waals surface area contributed by atoms with Crippen molar-refractivity contribution in [3.8, 4) is 17.6 Å². The zero-order valence-electron chi connectivity index (χ0n) is 11.6. The molecule has 1 aliphatic heterocycles. The SMILES string of the molecule is CCN(CC)C(=O)C(C#N)=C1Sc2c(O)ccc(O)c2S1. The Morgan fingerprint density at radius 2 is 1.67 bits per heavy atom. The molecule has 1 amide bonds. The minimum Gasteiger partial charge on any atom is -0.507 e. The number of hydrogen-bond acceptors (Lipinski definition) is 6. The molecule has 0 spiro atoms. The van der Waals surface area contributed by atoms with Crippen LogP contribution in [0.5, 0.6) is 11.5 Å². The first-order valence-corrected chi connectivity index (χ1v) is 8.01. The molecule has 2 N–H and O–H groups in total. The summed E-state index contributed by atoms with van der Waals surface area (Å²) >= 11 is 2.28. The summed E-state index contributed by atoms with van der Waals surface area (Å²) in [5, 5.41) is 29.0. The molecule has 0 aliphatic carbocycles. The highest BCUT2D eigenvalue weighted by atomic mass is 32.2. The fourth-order valence-electron chi connectivity index (χ4n) is 1.90. The first-order chi connectivity index (χ1) is 10.0. The minimum absolute atomic E-state index is 0.0304. The van der Waals surface area contributed by atoms with Gasteiger partial charge in [0.25, 0.3) is 5.91 Å². The van der Waals surface area contributed by atoms with Crippen molar-refractivity contribution in [2.75, 3.05) is 13.1 Å². The van der Waals surface area contributed by atoms with Crippen LogP contribution in [0.15, 0.2) is 31.7 Å². The number of rotatable bonds is 3. The molecule has 0 atom stereocenters. The van der Waals surface area contributed by atoms with Gasteiger partial charge in [0.15, 0.2) is 0 Å². The topological polar surface area (TPSA) is 84.6 Å². The van der Waals surface area contributed by atoms with E-state index >= 15 is 0 Å². The number of phenolic OH excluding ortho intramolecular Hbond substituents is 2. The number of phenols is 2. The van der Waals surface area contributed by atoms with Gasteiger partial charge < -0.3 is 15.1 Å². The quantitative estimate of drug-likeness (QED) is 0.506. The van der Waals surface area contributed by atoms with E-state index in [1.54, 1.807) is 4.90 Å². The summed E-state index contributed by atoms with van der Waals surface area (Å²) in [7, 11) is 0. The van der Waals surface area contributed by atoms with E-state index < -0.39 is 0 Å². The van der Waals surface area contributed by atoms with E-state index in [1.807, 2.05) is 19.9 Å². The molecular formula is C14H14N2O3S2. The number of benzene rings is 1. The van der Waals surface area contributed by atoms with Crippen LogP contribution in [0.2, 0.25) is 0 Å². The molecule has 1 heterocycles. The first-order valence-electron chi connectivity index (χ1n) is 6.37. The molecule has 0 saturated carbocycles. The van der Waals surface area contributed by atoms with E-state index in [9.17, 15) is 20.3 Å². The number of hydrogen-bond donors (Lipinski definition) is 2. The van der Waals surface area contributed by atoms with E-state index in [2.05, 4.69) is 0 Å². The maximum atomic E-state index is 12.3. The van der Waals surface area contributed by atoms with Crippen LogP contribution in [0, 0.1) is 11.3 Å². The average molecular weight is 322 g/mol. The van der Waals surface area contributed by atoms with Crippen molar-refractivity contribution in [3.63, 3.8) is 0 Å². The zero-order valence-corrected chi connectivity index (χ0v) is 13.2. The van der Waals surface area contributed by atoms with Crippen LogP contribution in [0.4, 0.5) is 0 Å². The lowest BCUT2D eigenvalue weighted by Crippen LogP contribution is -2.31. The van der Waals surface area contributed by atoms with Gasteiger partial charge in [-0.05, 0) is 26.0 Å². The number of aromatic hydroxyl groups is 2. The summed E-state index contributed by atoms with van der Waals surface area (Å²) in [5.41, 5.74) is 0.0451. The summed E-state index contributed by atoms with van der Waals surface area (Å²) in [6.45, 7) is 4.74. The third-order valence-corrected chi connectivity index (χ3v) is 5.68. The Kier molecular flexibility index (Phi) is 4.70. The fourth-order valence-corrected chi connectivity index (χ4v) is 4.39. The molecule has 2 rings (SSSR count). The highest BCUT2D eigenvalue weighted by molar-refractivity contribution is 8.24. The van der Waals surface area contributed by atoms with E-state index in [4.69, 9.17) is 0 Å². The molecule has 1 aliphatic rings. The van der Waals surface area contributed by atoms with Crippen LogP contribution < -0.4 is 0 Å². The number of carbonyl (C=O) groups excluding carboxylic acids is 1. The highest BCUT2D eigenvalue weighted by Crippen LogP contribution is 2.58. The van der Waals surface area contributed by atoms with Gasteiger partial charge in [0.05, 0.1) is 14.0 Å². The summed E-state index contributed by atoms with van der Waals surface area (Å²) < 4.78 is 0.487. The van der Waals surface area contributed by atoms with Crippen molar-refractivity contribution in [2.45, 2.75) is 23.6 Å². The summed E-state index contributed by atoms with van der Waals surface area (Å²) in [4.78, 5) is 14.9. The molecule has 7 heteroatoms. The molecule has 0 saturated heterocycles. The van der Waals surface area contributed by atoms with Crippen molar-refractivity contribution >= 4 is 29.4 Å². The van der Waals surface area contributed by atoms with Crippen molar-refractivity contribution in [1.29, 1.82) is 5.26 Å². The normalized spacial score (nSPS) is 12.7. The zero-order chi connectivity index (χ0) is 15.6. The molecule has 0 bridgehead atoms. The van der Waals surface area contributed by atoms with E-state index in [-0.39, 0.29) is 23.0 Å². The molecule has 1 aromatic rings. The van der Waals surface area contributed by atoms with E-state index in [1.165, 1.54) is 12.1 Å². The van der Waals surface area contributed by atoms with Gasteiger partial charge >= 0.3 is 0 Å². The first kappa shape index (κ1) is 15.6. The van der Waals surface area contributed by atoms with Crippen LogP contribution in [-0.4, -0.2) is 34.1 Å². The standard InChI is InChI=1S/C14H14N2O3S2/c1-3-16(4-2)13(19)8(7-15)14-20-11-9(17)5-6-10(18)12(11)21-14/h5-6,17-18H,3-4H2,1-2H3. The van der Waals surface area contributed by atoms with Gasteiger partial charge in [-0.2, -0.15) is 5.26 Å². The van der Waals surface area contributed by atoms with Gasteiger partial charge in [0.2, 0.25) is 0 Å². The molecule has 0 radical (unpaired) electrons. The smallest absolute Gasteiger partial charge is 0.266 e. The fraction of sp³-hybridized carbons (Fsp3) is 0.286. The van der Waals surface area contributed by atoms with Gasteiger partial charge in [-0.25, -0.2) is 0 Å². The van der Waals surface area contributed by atoms with Gasteiger partial charge in [0, 0.05) is 13.1 Å². The summed E-state index contributed by atoms with van der Waals surface area (Å²) in [6.07, 6.45) is 0. The number of carbonyl (C=O) groups is 1. The maximum Gasteiger partial charge on any atom is 0.266 e. The lowest BCUT2D eigenvalue weighted by Gasteiger charge is -2.18. The molecule has 110 valence electrons. The highest BCUT2D eigenvalue weighted by Gasteiger charge is 2.30. The Balaban J connectivity index is 2.43. The van der Waals surface area contributed by atoms with Crippen molar-refractivity contribution in [3.05, 3.63) is 21.9 Å². The number of nitrogens with zero attached hydrogens (tertiary/aromatic N) is 2. The molecule has 5 nitrogen and oxygen atoms in total. The molecular weight excluding hydrogens is 308 g/mol. The predicted octanol–water partition coefficient (Wildman–Crippen LogP) is 2.90. The maximum absolute atomic E-state index is 12.3. The van der Waals surface area contributed by atoms with Crippen LogP contribution in [0.1, 0.15) is 13.8 Å². The second-order valence-electron chi connectivity index (χ2n) is 4.22. The number of amides is 1. The van der Waals surface area contributed by atoms with Crippen LogP contribution in [-0.2, 0) is 4.79 Å². The molecule has 0 aromatic heterocycles. The summed E-state index contributed by atoms with van der Waals surface area (Å²) in [6, 6.07) is 4.73. The lowest BCUT2D eigenvalue weighted by atomic mass is 10.3. The van der Waals surface area contributed by atoms with Gasteiger partial charge in [-0.1, -0.05) is 23.5 Å². The minimum atomic E-state index is -0.329. The Labute approximate surface area is 131 Å². The number of fused-ring (bicyclic) bond motifs is 1. The molecule has 21 heavy (non-hydrogen) atoms. The van der Waals surface area contributed by atoms with Crippen LogP contribution >= 0.6 is 23.5 Å². The van der Waals surface area contributed by atoms with Gasteiger partial charge in [-0.3, -0.25) is 4.79 Å². The van der Waals surface area contributed by atoms with Crippen LogP contribution in [0.3, 0.4) is 0 Å². The molecule has 1 aromatic carbocycles. The molecule has 0 unspecified atom stereocenters. The second-order valence-corrected chi connectivity index (χ2v) is 6.52. The molecule has 0 fully saturated rings. The van der Waals surface area contributed by atoms with E-state index in [0.29, 0.717) is 27.1 Å². The average Bonchev–Trinajstić information content (AvgIpc) is 2.91.